The van der Waals surface area contributed by atoms with Crippen molar-refractivity contribution in [1.82, 2.24) is 0 Å². The molecule has 0 radical (unpaired) electrons. The smallest absolute Gasteiger partial charge is 0.422 e. The second-order valence-corrected chi connectivity index (χ2v) is 2.28. The first-order valence-corrected chi connectivity index (χ1v) is 3.07. The monoisotopic (exact) mass is 198 g/mol. The maximum absolute atomic E-state index is 12.5. The van der Waals surface area contributed by atoms with Crippen molar-refractivity contribution in [2.24, 2.45) is 0 Å². The van der Waals surface area contributed by atoms with Crippen LogP contribution in [0.1, 0.15) is 5.56 Å². The summed E-state index contributed by atoms with van der Waals surface area (Å²) in [6.45, 7) is 0. The molecular formula is C7H3F5O. The van der Waals surface area contributed by atoms with E-state index in [0.29, 0.717) is 0 Å². The van der Waals surface area contributed by atoms with E-state index in [1.807, 2.05) is 0 Å². The van der Waals surface area contributed by atoms with Gasteiger partial charge in [-0.15, -0.1) is 0 Å². The molecule has 0 saturated carbocycles. The van der Waals surface area contributed by atoms with Crippen molar-refractivity contribution in [3.05, 3.63) is 29.3 Å². The van der Waals surface area contributed by atoms with Gasteiger partial charge in [0.05, 0.1) is 0 Å². The van der Waals surface area contributed by atoms with E-state index in [4.69, 9.17) is 5.11 Å². The molecule has 0 atom stereocenters. The van der Waals surface area contributed by atoms with E-state index >= 15 is 0 Å². The van der Waals surface area contributed by atoms with Crippen molar-refractivity contribution in [2.75, 3.05) is 0 Å². The lowest BCUT2D eigenvalue weighted by Gasteiger charge is -2.08. The predicted octanol–water partition coefficient (Wildman–Crippen LogP) is 2.69. The predicted molar refractivity (Wildman–Crippen MR) is 33.0 cm³/mol. The molecule has 0 heterocycles. The highest BCUT2D eigenvalue weighted by atomic mass is 19.4. The summed E-state index contributed by atoms with van der Waals surface area (Å²) in [6, 6.07) is 0.401. The Kier molecular flexibility index (Phi) is 2.15. The van der Waals surface area contributed by atoms with Gasteiger partial charge >= 0.3 is 6.18 Å². The number of hydrogen-bond acceptors (Lipinski definition) is 1. The molecule has 0 bridgehead atoms. The van der Waals surface area contributed by atoms with Crippen LogP contribution in [0.4, 0.5) is 22.0 Å². The van der Waals surface area contributed by atoms with Crippen molar-refractivity contribution in [1.29, 1.82) is 0 Å². The summed E-state index contributed by atoms with van der Waals surface area (Å²) < 4.78 is 60.6. The number of phenols is 1. The average Bonchev–Trinajstić information content (AvgIpc) is 1.78. The first-order chi connectivity index (χ1) is 5.82. The van der Waals surface area contributed by atoms with E-state index < -0.39 is 29.1 Å². The van der Waals surface area contributed by atoms with Crippen molar-refractivity contribution in [3.8, 4) is 5.75 Å². The number of aromatic hydroxyl groups is 1. The van der Waals surface area contributed by atoms with E-state index in [0.717, 1.165) is 0 Å². The van der Waals surface area contributed by atoms with E-state index in [-0.39, 0.29) is 12.1 Å². The number of alkyl halides is 3. The van der Waals surface area contributed by atoms with E-state index in [9.17, 15) is 22.0 Å². The van der Waals surface area contributed by atoms with Crippen LogP contribution in [0.25, 0.3) is 0 Å². The molecule has 0 spiro atoms. The first-order valence-electron chi connectivity index (χ1n) is 3.07. The molecular weight excluding hydrogens is 195 g/mol. The minimum Gasteiger partial charge on any atom is -0.508 e. The fourth-order valence-electron chi connectivity index (χ4n) is 0.831. The molecule has 13 heavy (non-hydrogen) atoms. The van der Waals surface area contributed by atoms with Crippen LogP contribution in [-0.2, 0) is 6.18 Å². The minimum atomic E-state index is -5.10. The van der Waals surface area contributed by atoms with Gasteiger partial charge in [-0.05, 0) is 0 Å². The summed E-state index contributed by atoms with van der Waals surface area (Å²) in [6.07, 6.45) is -5.10. The van der Waals surface area contributed by atoms with Crippen molar-refractivity contribution in [2.45, 2.75) is 6.18 Å². The number of halogens is 5. The van der Waals surface area contributed by atoms with Gasteiger partial charge in [0.2, 0.25) is 0 Å². The molecule has 6 heteroatoms. The van der Waals surface area contributed by atoms with Crippen LogP contribution >= 0.6 is 0 Å². The van der Waals surface area contributed by atoms with Crippen LogP contribution in [0.5, 0.6) is 5.75 Å². The maximum Gasteiger partial charge on any atom is 0.422 e. The van der Waals surface area contributed by atoms with Gasteiger partial charge in [0.1, 0.15) is 22.9 Å². The fraction of sp³-hybridized carbons (Fsp3) is 0.143. The summed E-state index contributed by atoms with van der Waals surface area (Å²) in [7, 11) is 0. The summed E-state index contributed by atoms with van der Waals surface area (Å²) >= 11 is 0. The van der Waals surface area contributed by atoms with Crippen LogP contribution in [0.15, 0.2) is 12.1 Å². The maximum atomic E-state index is 12.5. The topological polar surface area (TPSA) is 20.2 Å². The quantitative estimate of drug-likeness (QED) is 0.635. The zero-order valence-corrected chi connectivity index (χ0v) is 5.99. The van der Waals surface area contributed by atoms with Gasteiger partial charge in [-0.2, -0.15) is 13.2 Å². The Morgan fingerprint density at radius 2 is 1.38 bits per heavy atom. The lowest BCUT2D eigenvalue weighted by molar-refractivity contribution is -0.142. The molecule has 0 aromatic heterocycles. The third kappa shape index (κ3) is 1.88. The largest absolute Gasteiger partial charge is 0.508 e. The van der Waals surface area contributed by atoms with Crippen molar-refractivity contribution in [3.63, 3.8) is 0 Å². The van der Waals surface area contributed by atoms with Gasteiger partial charge in [0.25, 0.3) is 0 Å². The molecule has 0 unspecified atom stereocenters. The van der Waals surface area contributed by atoms with Crippen LogP contribution in [-0.4, -0.2) is 5.11 Å². The van der Waals surface area contributed by atoms with Gasteiger partial charge in [-0.25, -0.2) is 8.78 Å². The average molecular weight is 198 g/mol. The number of hydrogen-bond donors (Lipinski definition) is 1. The molecule has 0 saturated heterocycles. The Morgan fingerprint density at radius 3 is 1.69 bits per heavy atom. The minimum absolute atomic E-state index is 0.200. The molecule has 0 fully saturated rings. The van der Waals surface area contributed by atoms with Crippen LogP contribution in [0, 0.1) is 11.6 Å². The summed E-state index contributed by atoms with van der Waals surface area (Å²) in [4.78, 5) is 0. The highest BCUT2D eigenvalue weighted by Crippen LogP contribution is 2.34. The highest BCUT2D eigenvalue weighted by molar-refractivity contribution is 5.31. The number of phenolic OH excluding ortho intramolecular Hbond substituents is 1. The molecule has 0 aliphatic heterocycles. The SMILES string of the molecule is Oc1cc(F)c(C(F)(F)F)c(F)c1. The molecule has 0 aliphatic carbocycles. The summed E-state index contributed by atoms with van der Waals surface area (Å²) in [5.41, 5.74) is -2.00. The standard InChI is InChI=1S/C7H3F5O/c8-4-1-3(13)2-5(9)6(4)7(10,11)12/h1-2,13H. The third-order valence-electron chi connectivity index (χ3n) is 1.31. The Morgan fingerprint density at radius 1 is 1.00 bits per heavy atom. The van der Waals surface area contributed by atoms with Crippen LogP contribution in [0.3, 0.4) is 0 Å². The van der Waals surface area contributed by atoms with Crippen molar-refractivity contribution >= 4 is 0 Å². The molecule has 1 rings (SSSR count). The van der Waals surface area contributed by atoms with E-state index in [1.54, 1.807) is 0 Å². The Bertz CT molecular complexity index is 307. The molecule has 1 N–H and O–H groups in total. The van der Waals surface area contributed by atoms with Crippen LogP contribution in [0.2, 0.25) is 0 Å². The zero-order chi connectivity index (χ0) is 10.2. The Hall–Kier alpha value is -1.33. The third-order valence-corrected chi connectivity index (χ3v) is 1.31. The molecule has 0 aliphatic rings. The Balaban J connectivity index is 3.38. The van der Waals surface area contributed by atoms with Gasteiger partial charge < -0.3 is 5.11 Å². The molecule has 0 amide bonds. The molecule has 1 aromatic rings. The van der Waals surface area contributed by atoms with Crippen LogP contribution < -0.4 is 0 Å². The fourth-order valence-corrected chi connectivity index (χ4v) is 0.831. The number of rotatable bonds is 0. The highest BCUT2D eigenvalue weighted by Gasteiger charge is 2.37. The van der Waals surface area contributed by atoms with Crippen molar-refractivity contribution < 1.29 is 27.1 Å². The summed E-state index contributed by atoms with van der Waals surface area (Å²) in [5, 5.41) is 8.54. The van der Waals surface area contributed by atoms with Gasteiger partial charge in [0, 0.05) is 12.1 Å². The van der Waals surface area contributed by atoms with Gasteiger partial charge in [-0.1, -0.05) is 0 Å². The molecule has 72 valence electrons. The lowest BCUT2D eigenvalue weighted by Crippen LogP contribution is -2.10. The second-order valence-electron chi connectivity index (χ2n) is 2.28. The summed E-state index contributed by atoms with van der Waals surface area (Å²) in [5.74, 6) is -4.54. The lowest BCUT2D eigenvalue weighted by atomic mass is 10.2. The molecule has 1 aromatic carbocycles. The zero-order valence-electron chi connectivity index (χ0n) is 5.99. The van der Waals surface area contributed by atoms with E-state index in [1.165, 1.54) is 0 Å². The van der Waals surface area contributed by atoms with Gasteiger partial charge in [0.15, 0.2) is 0 Å². The Labute approximate surface area is 69.4 Å². The van der Waals surface area contributed by atoms with E-state index in [2.05, 4.69) is 0 Å². The first kappa shape index (κ1) is 9.76. The second kappa shape index (κ2) is 2.86. The molecule has 1 nitrogen and oxygen atoms in total. The normalized spacial score (nSPS) is 11.8. The van der Waals surface area contributed by atoms with Gasteiger partial charge in [-0.3, -0.25) is 0 Å². The number of benzene rings is 1.